The van der Waals surface area contributed by atoms with Crippen LogP contribution < -0.4 is 14.8 Å². The van der Waals surface area contributed by atoms with Crippen LogP contribution >= 0.6 is 34.8 Å². The Labute approximate surface area is 188 Å². The summed E-state index contributed by atoms with van der Waals surface area (Å²) >= 11 is 17.6. The number of carbonyl (C=O) groups excluding carboxylic acids is 1. The number of halogens is 3. The van der Waals surface area contributed by atoms with Crippen molar-refractivity contribution >= 4 is 62.1 Å². The molecule has 156 valence electrons. The third kappa shape index (κ3) is 6.03. The lowest BCUT2D eigenvalue weighted by atomic mass is 10.3. The van der Waals surface area contributed by atoms with Gasteiger partial charge in [0.25, 0.3) is 15.9 Å². The summed E-state index contributed by atoms with van der Waals surface area (Å²) in [5.41, 5.74) is 0.797. The van der Waals surface area contributed by atoms with E-state index < -0.39 is 15.9 Å². The lowest BCUT2D eigenvalue weighted by Crippen LogP contribution is -2.20. The maximum atomic E-state index is 12.5. The van der Waals surface area contributed by atoms with Gasteiger partial charge in [-0.05, 0) is 66.7 Å². The Balaban J connectivity index is 1.59. The maximum Gasteiger partial charge on any atom is 0.262 e. The van der Waals surface area contributed by atoms with E-state index in [4.69, 9.17) is 39.5 Å². The molecule has 2 N–H and O–H groups in total. The van der Waals surface area contributed by atoms with Gasteiger partial charge < -0.3 is 10.1 Å². The van der Waals surface area contributed by atoms with Crippen LogP contribution in [-0.4, -0.2) is 20.9 Å². The fraction of sp³-hybridized carbons (Fsp3) is 0.0500. The zero-order valence-corrected chi connectivity index (χ0v) is 18.3. The van der Waals surface area contributed by atoms with Crippen LogP contribution in [0.15, 0.2) is 71.6 Å². The topological polar surface area (TPSA) is 84.5 Å². The molecular weight excluding hydrogens is 471 g/mol. The molecule has 0 spiro atoms. The summed E-state index contributed by atoms with van der Waals surface area (Å²) in [6.45, 7) is -0.278. The van der Waals surface area contributed by atoms with Gasteiger partial charge in [0.2, 0.25) is 0 Å². The van der Waals surface area contributed by atoms with Crippen LogP contribution in [0.25, 0.3) is 0 Å². The fourth-order valence-electron chi connectivity index (χ4n) is 2.38. The van der Waals surface area contributed by atoms with E-state index in [2.05, 4.69) is 10.0 Å². The first kappa shape index (κ1) is 22.2. The molecule has 3 aromatic rings. The van der Waals surface area contributed by atoms with Crippen LogP contribution in [0.3, 0.4) is 0 Å². The molecule has 3 rings (SSSR count). The van der Waals surface area contributed by atoms with Gasteiger partial charge in [0.05, 0.1) is 9.92 Å². The molecule has 6 nitrogen and oxygen atoms in total. The van der Waals surface area contributed by atoms with Crippen molar-refractivity contribution in [2.45, 2.75) is 4.90 Å². The van der Waals surface area contributed by atoms with Gasteiger partial charge in [-0.25, -0.2) is 8.42 Å². The summed E-state index contributed by atoms with van der Waals surface area (Å²) in [5, 5.41) is 3.86. The van der Waals surface area contributed by atoms with Gasteiger partial charge in [-0.3, -0.25) is 9.52 Å². The van der Waals surface area contributed by atoms with Crippen LogP contribution in [0.2, 0.25) is 15.1 Å². The first-order valence-corrected chi connectivity index (χ1v) is 11.1. The second-order valence-corrected chi connectivity index (χ2v) is 9.01. The number of rotatable bonds is 7. The Bertz CT molecular complexity index is 1150. The number of hydrogen-bond donors (Lipinski definition) is 2. The Morgan fingerprint density at radius 1 is 0.833 bits per heavy atom. The van der Waals surface area contributed by atoms with Crippen molar-refractivity contribution in [3.05, 3.63) is 81.8 Å². The zero-order valence-electron chi connectivity index (χ0n) is 15.2. The Kier molecular flexibility index (Phi) is 7.10. The van der Waals surface area contributed by atoms with E-state index in [1.165, 1.54) is 30.3 Å². The molecule has 0 bridgehead atoms. The van der Waals surface area contributed by atoms with Crippen LogP contribution in [-0.2, 0) is 14.8 Å². The van der Waals surface area contributed by atoms with E-state index in [0.717, 1.165) is 0 Å². The Morgan fingerprint density at radius 3 is 2.07 bits per heavy atom. The van der Waals surface area contributed by atoms with Crippen LogP contribution in [0, 0.1) is 0 Å². The minimum Gasteiger partial charge on any atom is -0.482 e. The minimum absolute atomic E-state index is 0.0413. The summed E-state index contributed by atoms with van der Waals surface area (Å²) in [5.74, 6) is -0.109. The third-order valence-electron chi connectivity index (χ3n) is 3.80. The van der Waals surface area contributed by atoms with Crippen LogP contribution in [0.1, 0.15) is 0 Å². The minimum atomic E-state index is -3.78. The van der Waals surface area contributed by atoms with Crippen molar-refractivity contribution in [2.75, 3.05) is 16.6 Å². The van der Waals surface area contributed by atoms with Gasteiger partial charge in [0.1, 0.15) is 5.75 Å². The van der Waals surface area contributed by atoms with Crippen LogP contribution in [0.4, 0.5) is 11.4 Å². The fourth-order valence-corrected chi connectivity index (χ4v) is 4.03. The van der Waals surface area contributed by atoms with Gasteiger partial charge in [0, 0.05) is 21.4 Å². The molecule has 0 saturated heterocycles. The average Bonchev–Trinajstić information content (AvgIpc) is 2.69. The van der Waals surface area contributed by atoms with Crippen molar-refractivity contribution in [1.29, 1.82) is 0 Å². The Hall–Kier alpha value is -2.45. The Morgan fingerprint density at radius 2 is 1.43 bits per heavy atom. The van der Waals surface area contributed by atoms with E-state index in [9.17, 15) is 13.2 Å². The summed E-state index contributed by atoms with van der Waals surface area (Å²) in [4.78, 5) is 12.1. The molecule has 30 heavy (non-hydrogen) atoms. The van der Waals surface area contributed by atoms with Gasteiger partial charge in [0.15, 0.2) is 6.61 Å². The van der Waals surface area contributed by atoms with E-state index in [1.54, 1.807) is 36.4 Å². The highest BCUT2D eigenvalue weighted by molar-refractivity contribution is 7.92. The van der Waals surface area contributed by atoms with Gasteiger partial charge >= 0.3 is 0 Å². The molecule has 0 aliphatic rings. The molecule has 0 unspecified atom stereocenters. The smallest absolute Gasteiger partial charge is 0.262 e. The molecule has 0 radical (unpaired) electrons. The number of sulfonamides is 1. The van der Waals surface area contributed by atoms with E-state index in [0.29, 0.717) is 27.2 Å². The lowest BCUT2D eigenvalue weighted by Gasteiger charge is -2.11. The van der Waals surface area contributed by atoms with Gasteiger partial charge in [-0.1, -0.05) is 34.8 Å². The number of nitrogens with one attached hydrogen (secondary N) is 2. The second-order valence-electron chi connectivity index (χ2n) is 6.05. The number of anilines is 2. The highest BCUT2D eigenvalue weighted by Gasteiger charge is 2.14. The molecule has 0 aromatic heterocycles. The van der Waals surface area contributed by atoms with E-state index in [1.807, 2.05) is 0 Å². The zero-order chi connectivity index (χ0) is 21.7. The molecule has 1 amide bonds. The summed E-state index contributed by atoms with van der Waals surface area (Å²) in [7, 11) is -3.78. The number of ether oxygens (including phenoxy) is 1. The second kappa shape index (κ2) is 9.57. The third-order valence-corrected chi connectivity index (χ3v) is 5.98. The van der Waals surface area contributed by atoms with Crippen molar-refractivity contribution in [3.63, 3.8) is 0 Å². The molecule has 0 heterocycles. The molecule has 10 heteroatoms. The number of amides is 1. The van der Waals surface area contributed by atoms with Crippen molar-refractivity contribution < 1.29 is 17.9 Å². The summed E-state index contributed by atoms with van der Waals surface area (Å²) in [6, 6.07) is 16.6. The molecule has 0 aliphatic carbocycles. The monoisotopic (exact) mass is 484 g/mol. The largest absolute Gasteiger partial charge is 0.482 e. The summed E-state index contributed by atoms with van der Waals surface area (Å²) in [6.07, 6.45) is 0. The van der Waals surface area contributed by atoms with E-state index >= 15 is 0 Å². The van der Waals surface area contributed by atoms with Crippen molar-refractivity contribution in [2.24, 2.45) is 0 Å². The average molecular weight is 486 g/mol. The van der Waals surface area contributed by atoms with Gasteiger partial charge in [-0.15, -0.1) is 0 Å². The molecule has 0 saturated carbocycles. The van der Waals surface area contributed by atoms with Crippen molar-refractivity contribution in [1.82, 2.24) is 0 Å². The lowest BCUT2D eigenvalue weighted by molar-refractivity contribution is -0.118. The van der Waals surface area contributed by atoms with Crippen molar-refractivity contribution in [3.8, 4) is 5.75 Å². The standard InChI is InChI=1S/C20H15Cl3N2O4S/c21-13-1-4-16(5-2-13)25-30(27,28)17-8-6-15(7-9-17)24-20(26)12-29-19-10-3-14(22)11-18(19)23/h1-11,25H,12H2,(H,24,26). The molecule has 0 atom stereocenters. The first-order valence-electron chi connectivity index (χ1n) is 8.49. The van der Waals surface area contributed by atoms with Gasteiger partial charge in [-0.2, -0.15) is 0 Å². The van der Waals surface area contributed by atoms with Crippen LogP contribution in [0.5, 0.6) is 5.75 Å². The summed E-state index contributed by atoms with van der Waals surface area (Å²) < 4.78 is 32.7. The number of hydrogen-bond acceptors (Lipinski definition) is 4. The number of carbonyl (C=O) groups is 1. The molecule has 0 aliphatic heterocycles. The van der Waals surface area contributed by atoms with E-state index in [-0.39, 0.29) is 16.5 Å². The predicted molar refractivity (Wildman–Crippen MR) is 119 cm³/mol. The quantitative estimate of drug-likeness (QED) is 0.465. The predicted octanol–water partition coefficient (Wildman–Crippen LogP) is 5.47. The normalized spacial score (nSPS) is 11.0. The number of benzene rings is 3. The molecular formula is C20H15Cl3N2O4S. The molecule has 3 aromatic carbocycles. The molecule has 0 fully saturated rings. The highest BCUT2D eigenvalue weighted by Crippen LogP contribution is 2.27. The SMILES string of the molecule is O=C(COc1ccc(Cl)cc1Cl)Nc1ccc(S(=O)(=O)Nc2ccc(Cl)cc2)cc1. The highest BCUT2D eigenvalue weighted by atomic mass is 35.5. The maximum absolute atomic E-state index is 12.5. The first-order chi connectivity index (χ1) is 14.2.